The summed E-state index contributed by atoms with van der Waals surface area (Å²) in [6.45, 7) is 3.91. The fraction of sp³-hybridized carbons (Fsp3) is 0.200. The standard InChI is InChI=1S/C20H21ClN2O3/c1-14(2)17-5-3-4-6-18(17)26-13-20(25)23-22-19(24)12-9-15-7-10-16(21)11-8-15/h3-12,14H,13H2,1-2H3,(H,22,24)(H,23,25)/b12-9+. The van der Waals surface area contributed by atoms with E-state index in [1.807, 2.05) is 24.3 Å². The van der Waals surface area contributed by atoms with Crippen LogP contribution in [0.2, 0.25) is 5.02 Å². The third kappa shape index (κ3) is 6.26. The number of carbonyl (C=O) groups excluding carboxylic acids is 2. The summed E-state index contributed by atoms with van der Waals surface area (Å²) in [7, 11) is 0. The van der Waals surface area contributed by atoms with Gasteiger partial charge in [-0.15, -0.1) is 0 Å². The molecule has 0 aliphatic carbocycles. The molecule has 0 saturated heterocycles. The first-order valence-corrected chi connectivity index (χ1v) is 8.57. The van der Waals surface area contributed by atoms with E-state index in [1.54, 1.807) is 30.3 Å². The van der Waals surface area contributed by atoms with Gasteiger partial charge in [0.1, 0.15) is 5.75 Å². The minimum Gasteiger partial charge on any atom is -0.483 e. The number of nitrogens with one attached hydrogen (secondary N) is 2. The van der Waals surface area contributed by atoms with Crippen LogP contribution < -0.4 is 15.6 Å². The maximum absolute atomic E-state index is 11.8. The summed E-state index contributed by atoms with van der Waals surface area (Å²) in [5, 5.41) is 0.623. The highest BCUT2D eigenvalue weighted by atomic mass is 35.5. The quantitative estimate of drug-likeness (QED) is 0.600. The summed E-state index contributed by atoms with van der Waals surface area (Å²) >= 11 is 5.80. The third-order valence-corrected chi connectivity index (χ3v) is 3.77. The molecule has 0 saturated carbocycles. The van der Waals surface area contributed by atoms with Crippen LogP contribution in [0.1, 0.15) is 30.9 Å². The van der Waals surface area contributed by atoms with Crippen LogP contribution in [0.3, 0.4) is 0 Å². The number of hydrazine groups is 1. The Kier molecular flexibility index (Phi) is 7.24. The summed E-state index contributed by atoms with van der Waals surface area (Å²) in [6.07, 6.45) is 2.94. The number of ether oxygens (including phenoxy) is 1. The molecule has 0 spiro atoms. The number of para-hydroxylation sites is 1. The van der Waals surface area contributed by atoms with Crippen LogP contribution in [0.25, 0.3) is 6.08 Å². The maximum atomic E-state index is 11.8. The molecule has 2 N–H and O–H groups in total. The van der Waals surface area contributed by atoms with Gasteiger partial charge in [-0.2, -0.15) is 0 Å². The van der Waals surface area contributed by atoms with E-state index in [0.717, 1.165) is 11.1 Å². The Labute approximate surface area is 158 Å². The number of amides is 2. The molecule has 0 fully saturated rings. The van der Waals surface area contributed by atoms with Crippen LogP contribution >= 0.6 is 11.6 Å². The predicted molar refractivity (Wildman–Crippen MR) is 103 cm³/mol. The van der Waals surface area contributed by atoms with Crippen molar-refractivity contribution in [2.75, 3.05) is 6.61 Å². The molecule has 0 aromatic heterocycles. The number of hydrogen-bond acceptors (Lipinski definition) is 3. The smallest absolute Gasteiger partial charge is 0.276 e. The minimum atomic E-state index is -0.448. The van der Waals surface area contributed by atoms with Crippen molar-refractivity contribution in [1.82, 2.24) is 10.9 Å². The van der Waals surface area contributed by atoms with Gasteiger partial charge < -0.3 is 4.74 Å². The zero-order chi connectivity index (χ0) is 18.9. The summed E-state index contributed by atoms with van der Waals surface area (Å²) in [4.78, 5) is 23.6. The van der Waals surface area contributed by atoms with Gasteiger partial charge in [-0.1, -0.05) is 55.8 Å². The Hall–Kier alpha value is -2.79. The number of benzene rings is 2. The second-order valence-electron chi connectivity index (χ2n) is 5.90. The van der Waals surface area contributed by atoms with Crippen LogP contribution in [0.5, 0.6) is 5.75 Å². The molecule has 0 radical (unpaired) electrons. The van der Waals surface area contributed by atoms with Crippen molar-refractivity contribution in [3.8, 4) is 5.75 Å². The average Bonchev–Trinajstić information content (AvgIpc) is 2.64. The molecule has 0 heterocycles. The van der Waals surface area contributed by atoms with Crippen LogP contribution in [0, 0.1) is 0 Å². The fourth-order valence-corrected chi connectivity index (χ4v) is 2.31. The Morgan fingerprint density at radius 3 is 2.46 bits per heavy atom. The van der Waals surface area contributed by atoms with Gasteiger partial charge in [-0.05, 0) is 41.3 Å². The Morgan fingerprint density at radius 2 is 1.77 bits per heavy atom. The van der Waals surface area contributed by atoms with E-state index >= 15 is 0 Å². The molecule has 136 valence electrons. The molecule has 6 heteroatoms. The topological polar surface area (TPSA) is 67.4 Å². The average molecular weight is 373 g/mol. The van der Waals surface area contributed by atoms with Gasteiger partial charge in [0.2, 0.25) is 0 Å². The number of rotatable bonds is 6. The second kappa shape index (κ2) is 9.63. The SMILES string of the molecule is CC(C)c1ccccc1OCC(=O)NNC(=O)/C=C/c1ccc(Cl)cc1. The van der Waals surface area contributed by atoms with Gasteiger partial charge in [0.05, 0.1) is 0 Å². The molecule has 0 bridgehead atoms. The molecule has 0 unspecified atom stereocenters. The lowest BCUT2D eigenvalue weighted by molar-refractivity contribution is -0.128. The Balaban J connectivity index is 1.78. The zero-order valence-electron chi connectivity index (χ0n) is 14.7. The van der Waals surface area contributed by atoms with Gasteiger partial charge in [0, 0.05) is 11.1 Å². The highest BCUT2D eigenvalue weighted by molar-refractivity contribution is 6.30. The molecule has 26 heavy (non-hydrogen) atoms. The van der Waals surface area contributed by atoms with Crippen LogP contribution in [-0.2, 0) is 9.59 Å². The summed E-state index contributed by atoms with van der Waals surface area (Å²) in [6, 6.07) is 14.6. The third-order valence-electron chi connectivity index (χ3n) is 3.52. The van der Waals surface area contributed by atoms with Gasteiger partial charge in [-0.3, -0.25) is 20.4 Å². The first kappa shape index (κ1) is 19.5. The van der Waals surface area contributed by atoms with Gasteiger partial charge in [0.25, 0.3) is 11.8 Å². The summed E-state index contributed by atoms with van der Waals surface area (Å²) in [5.74, 6) is 0.0475. The predicted octanol–water partition coefficient (Wildman–Crippen LogP) is 3.70. The van der Waals surface area contributed by atoms with Crippen molar-refractivity contribution < 1.29 is 14.3 Å². The number of carbonyl (C=O) groups is 2. The maximum Gasteiger partial charge on any atom is 0.276 e. The van der Waals surface area contributed by atoms with Crippen LogP contribution in [0.4, 0.5) is 0 Å². The molecule has 5 nitrogen and oxygen atoms in total. The highest BCUT2D eigenvalue weighted by Crippen LogP contribution is 2.25. The van der Waals surface area contributed by atoms with E-state index in [0.29, 0.717) is 10.8 Å². The van der Waals surface area contributed by atoms with Gasteiger partial charge >= 0.3 is 0 Å². The van der Waals surface area contributed by atoms with E-state index < -0.39 is 11.8 Å². The molecular formula is C20H21ClN2O3. The lowest BCUT2D eigenvalue weighted by Gasteiger charge is -2.13. The molecule has 2 amide bonds. The van der Waals surface area contributed by atoms with Gasteiger partial charge in [-0.25, -0.2) is 0 Å². The van der Waals surface area contributed by atoms with E-state index in [2.05, 4.69) is 24.7 Å². The van der Waals surface area contributed by atoms with E-state index in [4.69, 9.17) is 16.3 Å². The Morgan fingerprint density at radius 1 is 1.08 bits per heavy atom. The lowest BCUT2D eigenvalue weighted by atomic mass is 10.0. The second-order valence-corrected chi connectivity index (χ2v) is 6.34. The van der Waals surface area contributed by atoms with Crippen molar-refractivity contribution in [2.24, 2.45) is 0 Å². The number of halogens is 1. The number of hydrogen-bond donors (Lipinski definition) is 2. The Bertz CT molecular complexity index is 786. The van der Waals surface area contributed by atoms with E-state index in [-0.39, 0.29) is 12.5 Å². The monoisotopic (exact) mass is 372 g/mol. The summed E-state index contributed by atoms with van der Waals surface area (Å²) < 4.78 is 5.54. The van der Waals surface area contributed by atoms with Crippen molar-refractivity contribution in [3.63, 3.8) is 0 Å². The molecular weight excluding hydrogens is 352 g/mol. The van der Waals surface area contributed by atoms with Crippen molar-refractivity contribution in [1.29, 1.82) is 0 Å². The first-order valence-electron chi connectivity index (χ1n) is 8.20. The molecule has 2 aromatic rings. The van der Waals surface area contributed by atoms with Crippen LogP contribution in [-0.4, -0.2) is 18.4 Å². The summed E-state index contributed by atoms with van der Waals surface area (Å²) in [5.41, 5.74) is 6.46. The molecule has 0 aliphatic heterocycles. The molecule has 2 rings (SSSR count). The zero-order valence-corrected chi connectivity index (χ0v) is 15.4. The van der Waals surface area contributed by atoms with E-state index in [1.165, 1.54) is 6.08 Å². The molecule has 0 atom stereocenters. The lowest BCUT2D eigenvalue weighted by Crippen LogP contribution is -2.43. The van der Waals surface area contributed by atoms with Crippen molar-refractivity contribution in [2.45, 2.75) is 19.8 Å². The van der Waals surface area contributed by atoms with Gasteiger partial charge in [0.15, 0.2) is 6.61 Å². The van der Waals surface area contributed by atoms with Crippen LogP contribution in [0.15, 0.2) is 54.6 Å². The highest BCUT2D eigenvalue weighted by Gasteiger charge is 2.09. The van der Waals surface area contributed by atoms with Crippen molar-refractivity contribution >= 4 is 29.5 Å². The molecule has 0 aliphatic rings. The first-order chi connectivity index (χ1) is 12.5. The minimum absolute atomic E-state index is 0.190. The van der Waals surface area contributed by atoms with E-state index in [9.17, 15) is 9.59 Å². The van der Waals surface area contributed by atoms with Crippen molar-refractivity contribution in [3.05, 3.63) is 70.8 Å². The molecule has 2 aromatic carbocycles. The normalized spacial score (nSPS) is 10.8. The largest absolute Gasteiger partial charge is 0.483 e. The fourth-order valence-electron chi connectivity index (χ4n) is 2.19.